The highest BCUT2D eigenvalue weighted by molar-refractivity contribution is 6.07. The Morgan fingerprint density at radius 3 is 2.50 bits per heavy atom. The van der Waals surface area contributed by atoms with Crippen molar-refractivity contribution in [1.82, 2.24) is 25.0 Å². The molecule has 1 aliphatic heterocycles. The molecule has 1 saturated heterocycles. The van der Waals surface area contributed by atoms with E-state index >= 15 is 0 Å². The Hall–Kier alpha value is -4.93. The molecule has 6 rings (SSSR count). The summed E-state index contributed by atoms with van der Waals surface area (Å²) in [6, 6.07) is 16.7. The number of aryl methyl sites for hydroxylation is 1. The summed E-state index contributed by atoms with van der Waals surface area (Å²) in [4.78, 5) is 25.4. The Morgan fingerprint density at radius 2 is 1.79 bits per heavy atom. The number of fused-ring (bicyclic) bond motifs is 2. The van der Waals surface area contributed by atoms with E-state index in [0.717, 1.165) is 22.0 Å². The second kappa shape index (κ2) is 8.58. The van der Waals surface area contributed by atoms with E-state index in [1.165, 1.54) is 22.8 Å². The highest BCUT2D eigenvalue weighted by Crippen LogP contribution is 2.36. The van der Waals surface area contributed by atoms with E-state index in [-0.39, 0.29) is 23.6 Å². The van der Waals surface area contributed by atoms with Crippen LogP contribution in [0.1, 0.15) is 5.56 Å². The summed E-state index contributed by atoms with van der Waals surface area (Å²) in [5.41, 5.74) is 1.85. The smallest absolute Gasteiger partial charge is 0.387 e. The van der Waals surface area contributed by atoms with Crippen molar-refractivity contribution >= 4 is 33.6 Å². The van der Waals surface area contributed by atoms with E-state index in [4.69, 9.17) is 0 Å². The Labute approximate surface area is 214 Å². The number of imide groups is 1. The normalized spacial score (nSPS) is 17.4. The number of nitrogens with one attached hydrogen (secondary N) is 2. The molecule has 192 valence electrons. The number of benzene rings is 3. The lowest BCUT2D eigenvalue weighted by Gasteiger charge is -2.27. The number of alkyl halides is 2. The summed E-state index contributed by atoms with van der Waals surface area (Å²) in [5.74, 6) is -0.942. The maximum absolute atomic E-state index is 13.1. The number of ether oxygens (including phenoxy) is 1. The number of hydrogen-bond donors (Lipinski definition) is 3. The summed E-state index contributed by atoms with van der Waals surface area (Å²) in [5, 5.41) is 21.9. The lowest BCUT2D eigenvalue weighted by molar-refractivity contribution is -0.124. The van der Waals surface area contributed by atoms with Crippen LogP contribution in [0.5, 0.6) is 11.6 Å². The third-order valence-electron chi connectivity index (χ3n) is 6.86. The summed E-state index contributed by atoms with van der Waals surface area (Å²) < 4.78 is 32.9. The van der Waals surface area contributed by atoms with Gasteiger partial charge in [0.25, 0.3) is 5.91 Å². The number of urea groups is 1. The number of rotatable bonds is 6. The van der Waals surface area contributed by atoms with Gasteiger partial charge in [0.1, 0.15) is 5.75 Å². The van der Waals surface area contributed by atoms with Gasteiger partial charge < -0.3 is 19.7 Å². The molecule has 3 aromatic carbocycles. The average molecular weight is 517 g/mol. The first-order valence-electron chi connectivity index (χ1n) is 11.7. The third-order valence-corrected chi connectivity index (χ3v) is 6.86. The second-order valence-corrected chi connectivity index (χ2v) is 9.14. The van der Waals surface area contributed by atoms with Crippen molar-refractivity contribution in [1.29, 1.82) is 0 Å². The largest absolute Gasteiger partial charge is 0.494 e. The molecule has 2 aromatic heterocycles. The fourth-order valence-electron chi connectivity index (χ4n) is 4.97. The van der Waals surface area contributed by atoms with Gasteiger partial charge >= 0.3 is 12.6 Å². The molecule has 38 heavy (non-hydrogen) atoms. The van der Waals surface area contributed by atoms with Crippen molar-refractivity contribution in [2.75, 3.05) is 0 Å². The van der Waals surface area contributed by atoms with Crippen LogP contribution in [0, 0.1) is 0 Å². The summed E-state index contributed by atoms with van der Waals surface area (Å²) in [6.45, 7) is -3.15. The Balaban J connectivity index is 1.37. The van der Waals surface area contributed by atoms with E-state index in [2.05, 4.69) is 20.5 Å². The van der Waals surface area contributed by atoms with Gasteiger partial charge in [-0.3, -0.25) is 14.8 Å². The van der Waals surface area contributed by atoms with Gasteiger partial charge in [-0.25, -0.2) is 4.79 Å². The zero-order valence-corrected chi connectivity index (χ0v) is 20.0. The molecule has 5 aromatic rings. The first kappa shape index (κ1) is 23.5. The minimum Gasteiger partial charge on any atom is -0.494 e. The maximum atomic E-state index is 13.1. The summed E-state index contributed by atoms with van der Waals surface area (Å²) in [6.07, 6.45) is 3.37. The number of carbonyl (C=O) groups is 2. The molecule has 0 unspecified atom stereocenters. The Morgan fingerprint density at radius 1 is 1.03 bits per heavy atom. The van der Waals surface area contributed by atoms with Gasteiger partial charge in [-0.1, -0.05) is 30.3 Å². The van der Waals surface area contributed by atoms with Crippen LogP contribution < -0.4 is 15.4 Å². The highest BCUT2D eigenvalue weighted by Gasteiger charge is 2.48. The molecule has 0 aliphatic carbocycles. The van der Waals surface area contributed by atoms with Gasteiger partial charge in [0, 0.05) is 29.4 Å². The molecule has 3 amide bonds. The molecule has 1 aliphatic rings. The zero-order valence-electron chi connectivity index (χ0n) is 20.0. The van der Waals surface area contributed by atoms with Gasteiger partial charge in [-0.15, -0.1) is 0 Å². The van der Waals surface area contributed by atoms with Crippen LogP contribution in [0.2, 0.25) is 0 Å². The topological polar surface area (TPSA) is 110 Å². The molecule has 1 fully saturated rings. The number of aromatic nitrogens is 3. The van der Waals surface area contributed by atoms with E-state index in [1.54, 1.807) is 29.2 Å². The standard InChI is InChI=1S/C27H21F2N5O4/c1-33-22-9-5-16(10-18(22)12-30-33)15-2-6-19(7-3-15)27(24(36)31-26(37)32-27)14-34-13-17-4-8-20(38-25(28)29)11-21(17)23(34)35/h2-13,25,35H,14H2,1H3,(H2,31,32,36,37)/t27-/m0/s1. The van der Waals surface area contributed by atoms with Gasteiger partial charge in [0.15, 0.2) is 11.4 Å². The van der Waals surface area contributed by atoms with E-state index in [0.29, 0.717) is 10.9 Å². The Kier molecular flexibility index (Phi) is 5.30. The molecule has 9 nitrogen and oxygen atoms in total. The number of hydrogen-bond acceptors (Lipinski definition) is 5. The van der Waals surface area contributed by atoms with Crippen molar-refractivity contribution in [3.8, 4) is 22.8 Å². The van der Waals surface area contributed by atoms with Crippen molar-refractivity contribution in [3.05, 3.63) is 78.6 Å². The molecule has 11 heteroatoms. The predicted molar refractivity (Wildman–Crippen MR) is 135 cm³/mol. The van der Waals surface area contributed by atoms with E-state index in [9.17, 15) is 23.5 Å². The first-order chi connectivity index (χ1) is 18.2. The maximum Gasteiger partial charge on any atom is 0.387 e. The minimum atomic E-state index is -3.01. The molecule has 0 saturated carbocycles. The van der Waals surface area contributed by atoms with E-state index in [1.807, 2.05) is 37.4 Å². The summed E-state index contributed by atoms with van der Waals surface area (Å²) >= 11 is 0. The SMILES string of the molecule is Cn1ncc2cc(-c3ccc([C@]4(Cn5cc6ccc(OC(F)F)cc6c5O)NC(=O)NC4=O)cc3)ccc21. The highest BCUT2D eigenvalue weighted by atomic mass is 19.3. The van der Waals surface area contributed by atoms with Gasteiger partial charge in [-0.05, 0) is 47.0 Å². The third kappa shape index (κ3) is 3.79. The molecule has 0 bridgehead atoms. The number of nitrogens with zero attached hydrogens (tertiary/aromatic N) is 3. The lowest BCUT2D eigenvalue weighted by Crippen LogP contribution is -2.47. The quantitative estimate of drug-likeness (QED) is 0.292. The molecular weight excluding hydrogens is 496 g/mol. The molecular formula is C27H21F2N5O4. The van der Waals surface area contributed by atoms with Crippen LogP contribution >= 0.6 is 0 Å². The predicted octanol–water partition coefficient (Wildman–Crippen LogP) is 4.24. The van der Waals surface area contributed by atoms with E-state index < -0.39 is 24.1 Å². The first-order valence-corrected chi connectivity index (χ1v) is 11.7. The van der Waals surface area contributed by atoms with Crippen molar-refractivity contribution < 1.29 is 28.2 Å². The fraction of sp³-hybridized carbons (Fsp3) is 0.148. The second-order valence-electron chi connectivity index (χ2n) is 9.14. The van der Waals surface area contributed by atoms with Crippen LogP contribution in [-0.4, -0.2) is 38.0 Å². The molecule has 3 N–H and O–H groups in total. The molecule has 1 atom stereocenters. The fourth-order valence-corrected chi connectivity index (χ4v) is 4.97. The van der Waals surface area contributed by atoms with Crippen molar-refractivity contribution in [3.63, 3.8) is 0 Å². The van der Waals surface area contributed by atoms with Gasteiger partial charge in [0.05, 0.1) is 18.3 Å². The van der Waals surface area contributed by atoms with Gasteiger partial charge in [0.2, 0.25) is 0 Å². The number of aromatic hydroxyl groups is 1. The zero-order chi connectivity index (χ0) is 26.6. The van der Waals surface area contributed by atoms with Crippen LogP contribution in [0.25, 0.3) is 32.8 Å². The summed E-state index contributed by atoms with van der Waals surface area (Å²) in [7, 11) is 1.87. The number of halogens is 2. The van der Waals surface area contributed by atoms with Gasteiger partial charge in [-0.2, -0.15) is 13.9 Å². The average Bonchev–Trinajstić information content (AvgIpc) is 3.51. The molecule has 3 heterocycles. The van der Waals surface area contributed by atoms with Crippen molar-refractivity contribution in [2.45, 2.75) is 18.7 Å². The van der Waals surface area contributed by atoms with Crippen LogP contribution in [-0.2, 0) is 23.9 Å². The number of carbonyl (C=O) groups excluding carboxylic acids is 2. The lowest BCUT2D eigenvalue weighted by atomic mass is 9.88. The van der Waals surface area contributed by atoms with Crippen molar-refractivity contribution in [2.24, 2.45) is 7.05 Å². The number of amides is 3. The molecule has 0 spiro atoms. The molecule has 0 radical (unpaired) electrons. The van der Waals surface area contributed by atoms with Crippen LogP contribution in [0.15, 0.2) is 73.1 Å². The minimum absolute atomic E-state index is 0.109. The van der Waals surface area contributed by atoms with Crippen LogP contribution in [0.3, 0.4) is 0 Å². The van der Waals surface area contributed by atoms with Crippen LogP contribution in [0.4, 0.5) is 13.6 Å². The monoisotopic (exact) mass is 517 g/mol. The Bertz CT molecular complexity index is 1730.